The molecular formula is C13H14BrNO. The third kappa shape index (κ3) is 2.47. The predicted molar refractivity (Wildman–Crippen MR) is 69.6 cm³/mol. The molecule has 0 aliphatic carbocycles. The van der Waals surface area contributed by atoms with Gasteiger partial charge < -0.3 is 9.73 Å². The van der Waals surface area contributed by atoms with E-state index in [-0.39, 0.29) is 6.04 Å². The molecule has 0 saturated heterocycles. The molecule has 0 radical (unpaired) electrons. The molecule has 1 heterocycles. The van der Waals surface area contributed by atoms with E-state index in [1.807, 2.05) is 18.2 Å². The molecule has 1 atom stereocenters. The topological polar surface area (TPSA) is 25.2 Å². The fourth-order valence-electron chi connectivity index (χ4n) is 1.59. The first-order valence-electron chi connectivity index (χ1n) is 5.23. The maximum Gasteiger partial charge on any atom is 0.125 e. The van der Waals surface area contributed by atoms with Gasteiger partial charge in [0.15, 0.2) is 0 Å². The van der Waals surface area contributed by atoms with Gasteiger partial charge in [0.05, 0.1) is 12.3 Å². The summed E-state index contributed by atoms with van der Waals surface area (Å²) in [5.41, 5.74) is 2.35. The van der Waals surface area contributed by atoms with E-state index in [0.29, 0.717) is 0 Å². The SMILES string of the molecule is Cc1ccc(Br)cc1NC(C)c1ccco1. The first-order valence-corrected chi connectivity index (χ1v) is 6.02. The molecular weight excluding hydrogens is 266 g/mol. The van der Waals surface area contributed by atoms with Gasteiger partial charge >= 0.3 is 0 Å². The Morgan fingerprint density at radius 3 is 2.81 bits per heavy atom. The Bertz CT molecular complexity index is 465. The second-order valence-corrected chi connectivity index (χ2v) is 4.76. The number of anilines is 1. The van der Waals surface area contributed by atoms with Crippen LogP contribution >= 0.6 is 15.9 Å². The second kappa shape index (κ2) is 4.74. The summed E-state index contributed by atoms with van der Waals surface area (Å²) in [5.74, 6) is 0.944. The van der Waals surface area contributed by atoms with Crippen LogP contribution < -0.4 is 5.32 Å². The number of halogens is 1. The molecule has 0 fully saturated rings. The smallest absolute Gasteiger partial charge is 0.125 e. The highest BCUT2D eigenvalue weighted by molar-refractivity contribution is 9.10. The molecule has 0 bridgehead atoms. The summed E-state index contributed by atoms with van der Waals surface area (Å²) < 4.78 is 6.44. The summed E-state index contributed by atoms with van der Waals surface area (Å²) in [6.45, 7) is 4.17. The van der Waals surface area contributed by atoms with Crippen molar-refractivity contribution in [3.8, 4) is 0 Å². The van der Waals surface area contributed by atoms with Crippen LogP contribution in [0.3, 0.4) is 0 Å². The van der Waals surface area contributed by atoms with Crippen LogP contribution in [0.2, 0.25) is 0 Å². The third-order valence-electron chi connectivity index (χ3n) is 2.54. The van der Waals surface area contributed by atoms with Crippen molar-refractivity contribution in [1.29, 1.82) is 0 Å². The zero-order valence-electron chi connectivity index (χ0n) is 9.33. The fourth-order valence-corrected chi connectivity index (χ4v) is 1.95. The van der Waals surface area contributed by atoms with E-state index in [2.05, 4.69) is 47.2 Å². The number of furan rings is 1. The van der Waals surface area contributed by atoms with Crippen molar-refractivity contribution >= 4 is 21.6 Å². The van der Waals surface area contributed by atoms with E-state index in [9.17, 15) is 0 Å². The van der Waals surface area contributed by atoms with Gasteiger partial charge in [0.2, 0.25) is 0 Å². The Hall–Kier alpha value is -1.22. The predicted octanol–water partition coefficient (Wildman–Crippen LogP) is 4.52. The molecule has 84 valence electrons. The number of rotatable bonds is 3. The molecule has 2 aromatic rings. The summed E-state index contributed by atoms with van der Waals surface area (Å²) in [6, 6.07) is 10.3. The van der Waals surface area contributed by atoms with Crippen molar-refractivity contribution in [2.45, 2.75) is 19.9 Å². The molecule has 1 unspecified atom stereocenters. The van der Waals surface area contributed by atoms with Crippen LogP contribution in [0.4, 0.5) is 5.69 Å². The lowest BCUT2D eigenvalue weighted by Crippen LogP contribution is -2.06. The lowest BCUT2D eigenvalue weighted by Gasteiger charge is -2.15. The van der Waals surface area contributed by atoms with Crippen LogP contribution in [0.25, 0.3) is 0 Å². The second-order valence-electron chi connectivity index (χ2n) is 3.84. The highest BCUT2D eigenvalue weighted by Crippen LogP contribution is 2.25. The molecule has 1 aromatic heterocycles. The first kappa shape index (κ1) is 11.3. The number of hydrogen-bond acceptors (Lipinski definition) is 2. The molecule has 0 spiro atoms. The average Bonchev–Trinajstić information content (AvgIpc) is 2.76. The molecule has 16 heavy (non-hydrogen) atoms. The molecule has 1 N–H and O–H groups in total. The van der Waals surface area contributed by atoms with Gasteiger partial charge in [-0.25, -0.2) is 0 Å². The molecule has 0 aliphatic rings. The molecule has 0 amide bonds. The Morgan fingerprint density at radius 1 is 1.31 bits per heavy atom. The van der Waals surface area contributed by atoms with Gasteiger partial charge in [-0.2, -0.15) is 0 Å². The minimum atomic E-state index is 0.169. The molecule has 0 saturated carbocycles. The summed E-state index contributed by atoms with van der Waals surface area (Å²) in [5, 5.41) is 3.43. The van der Waals surface area contributed by atoms with Gasteiger partial charge in [0.25, 0.3) is 0 Å². The van der Waals surface area contributed by atoms with Crippen molar-refractivity contribution < 1.29 is 4.42 Å². The summed E-state index contributed by atoms with van der Waals surface area (Å²) in [7, 11) is 0. The number of nitrogens with one attached hydrogen (secondary N) is 1. The highest BCUT2D eigenvalue weighted by atomic mass is 79.9. The Balaban J connectivity index is 2.17. The number of hydrogen-bond donors (Lipinski definition) is 1. The van der Waals surface area contributed by atoms with Crippen molar-refractivity contribution in [3.05, 3.63) is 52.4 Å². The largest absolute Gasteiger partial charge is 0.467 e. The summed E-state index contributed by atoms with van der Waals surface area (Å²) in [6.07, 6.45) is 1.70. The van der Waals surface area contributed by atoms with Crippen LogP contribution in [-0.2, 0) is 0 Å². The first-order chi connectivity index (χ1) is 7.66. The van der Waals surface area contributed by atoms with Crippen LogP contribution in [0, 0.1) is 6.92 Å². The van der Waals surface area contributed by atoms with Gasteiger partial charge in [0, 0.05) is 10.2 Å². The maximum absolute atomic E-state index is 5.36. The molecule has 0 aliphatic heterocycles. The monoisotopic (exact) mass is 279 g/mol. The number of benzene rings is 1. The normalized spacial score (nSPS) is 12.4. The summed E-state index contributed by atoms with van der Waals surface area (Å²) in [4.78, 5) is 0. The van der Waals surface area contributed by atoms with E-state index < -0.39 is 0 Å². The molecule has 3 heteroatoms. The van der Waals surface area contributed by atoms with E-state index in [0.717, 1.165) is 15.9 Å². The molecule has 1 aromatic carbocycles. The fraction of sp³-hybridized carbons (Fsp3) is 0.231. The lowest BCUT2D eigenvalue weighted by molar-refractivity contribution is 0.490. The van der Waals surface area contributed by atoms with Crippen LogP contribution in [-0.4, -0.2) is 0 Å². The minimum Gasteiger partial charge on any atom is -0.467 e. The Morgan fingerprint density at radius 2 is 2.12 bits per heavy atom. The van der Waals surface area contributed by atoms with E-state index in [1.165, 1.54) is 5.56 Å². The van der Waals surface area contributed by atoms with Crippen molar-refractivity contribution in [3.63, 3.8) is 0 Å². The highest BCUT2D eigenvalue weighted by Gasteiger charge is 2.09. The van der Waals surface area contributed by atoms with Gasteiger partial charge in [-0.3, -0.25) is 0 Å². The third-order valence-corrected chi connectivity index (χ3v) is 3.03. The van der Waals surface area contributed by atoms with Crippen molar-refractivity contribution in [1.82, 2.24) is 0 Å². The van der Waals surface area contributed by atoms with Gasteiger partial charge in [-0.1, -0.05) is 22.0 Å². The van der Waals surface area contributed by atoms with E-state index in [1.54, 1.807) is 6.26 Å². The van der Waals surface area contributed by atoms with Gasteiger partial charge in [-0.15, -0.1) is 0 Å². The van der Waals surface area contributed by atoms with Crippen molar-refractivity contribution in [2.75, 3.05) is 5.32 Å². The van der Waals surface area contributed by atoms with Gasteiger partial charge in [0.1, 0.15) is 5.76 Å². The lowest BCUT2D eigenvalue weighted by atomic mass is 10.1. The van der Waals surface area contributed by atoms with Crippen LogP contribution in [0.5, 0.6) is 0 Å². The standard InChI is InChI=1S/C13H14BrNO/c1-9-5-6-11(14)8-12(9)15-10(2)13-4-3-7-16-13/h3-8,10,15H,1-2H3. The zero-order chi connectivity index (χ0) is 11.5. The van der Waals surface area contributed by atoms with E-state index in [4.69, 9.17) is 4.42 Å². The van der Waals surface area contributed by atoms with E-state index >= 15 is 0 Å². The van der Waals surface area contributed by atoms with Gasteiger partial charge in [-0.05, 0) is 43.7 Å². The zero-order valence-corrected chi connectivity index (χ0v) is 10.9. The molecule has 2 rings (SSSR count). The van der Waals surface area contributed by atoms with Crippen molar-refractivity contribution in [2.24, 2.45) is 0 Å². The van der Waals surface area contributed by atoms with Crippen LogP contribution in [0.15, 0.2) is 45.5 Å². The van der Waals surface area contributed by atoms with Crippen LogP contribution in [0.1, 0.15) is 24.3 Å². The molecule has 2 nitrogen and oxygen atoms in total. The minimum absolute atomic E-state index is 0.169. The maximum atomic E-state index is 5.36. The quantitative estimate of drug-likeness (QED) is 0.894. The Labute approximate surface area is 104 Å². The number of aryl methyl sites for hydroxylation is 1. The Kier molecular flexibility index (Phi) is 3.34. The summed E-state index contributed by atoms with van der Waals surface area (Å²) >= 11 is 3.47. The average molecular weight is 280 g/mol.